The number of para-hydroxylation sites is 1. The number of hydrogen-bond donors (Lipinski definition) is 0. The largest absolute Gasteiger partial charge is 0.466 e. The van der Waals surface area contributed by atoms with Crippen molar-refractivity contribution in [3.05, 3.63) is 29.8 Å². The molecule has 0 unspecified atom stereocenters. The average molecular weight is 247 g/mol. The summed E-state index contributed by atoms with van der Waals surface area (Å²) in [6.07, 6.45) is 0.243. The van der Waals surface area contributed by atoms with E-state index < -0.39 is 0 Å². The van der Waals surface area contributed by atoms with Gasteiger partial charge < -0.3 is 9.64 Å². The molecule has 0 aromatic heterocycles. The fraction of sp³-hybridized carbons (Fsp3) is 0.429. The fourth-order valence-corrected chi connectivity index (χ4v) is 2.22. The summed E-state index contributed by atoms with van der Waals surface area (Å²) in [6.45, 7) is 4.50. The number of carbonyl (C=O) groups excluding carboxylic acids is 2. The van der Waals surface area contributed by atoms with Gasteiger partial charge in [-0.15, -0.1) is 0 Å². The lowest BCUT2D eigenvalue weighted by molar-refractivity contribution is -0.147. The molecule has 96 valence electrons. The fourth-order valence-electron chi connectivity index (χ4n) is 2.22. The van der Waals surface area contributed by atoms with Crippen LogP contribution in [0.5, 0.6) is 0 Å². The van der Waals surface area contributed by atoms with Crippen molar-refractivity contribution in [3.8, 4) is 0 Å². The van der Waals surface area contributed by atoms with Gasteiger partial charge in [0.05, 0.1) is 12.5 Å². The van der Waals surface area contributed by atoms with Gasteiger partial charge in [0.25, 0.3) is 0 Å². The summed E-state index contributed by atoms with van der Waals surface area (Å²) in [5.74, 6) is -0.624. The topological polar surface area (TPSA) is 46.6 Å². The highest BCUT2D eigenvalue weighted by Crippen LogP contribution is 2.28. The van der Waals surface area contributed by atoms with Gasteiger partial charge in [-0.25, -0.2) is 0 Å². The molecule has 1 aromatic rings. The molecule has 18 heavy (non-hydrogen) atoms. The Morgan fingerprint density at radius 1 is 1.44 bits per heavy atom. The molecule has 1 aliphatic rings. The van der Waals surface area contributed by atoms with E-state index >= 15 is 0 Å². The van der Waals surface area contributed by atoms with Gasteiger partial charge in [0.1, 0.15) is 0 Å². The molecular formula is C14H17NO3. The molecule has 4 heteroatoms. The van der Waals surface area contributed by atoms with Crippen LogP contribution in [0.1, 0.15) is 18.9 Å². The van der Waals surface area contributed by atoms with Gasteiger partial charge in [-0.2, -0.15) is 0 Å². The second-order valence-electron chi connectivity index (χ2n) is 4.44. The van der Waals surface area contributed by atoms with Crippen LogP contribution >= 0.6 is 0 Å². The lowest BCUT2D eigenvalue weighted by Crippen LogP contribution is -2.27. The van der Waals surface area contributed by atoms with Crippen molar-refractivity contribution in [2.75, 3.05) is 18.1 Å². The van der Waals surface area contributed by atoms with E-state index in [1.54, 1.807) is 11.8 Å². The second-order valence-corrected chi connectivity index (χ2v) is 4.44. The number of rotatable bonds is 3. The van der Waals surface area contributed by atoms with E-state index in [9.17, 15) is 9.59 Å². The van der Waals surface area contributed by atoms with E-state index in [0.29, 0.717) is 13.2 Å². The summed E-state index contributed by atoms with van der Waals surface area (Å²) in [4.78, 5) is 25.3. The Bertz CT molecular complexity index is 470. The van der Waals surface area contributed by atoms with Crippen molar-refractivity contribution in [2.24, 2.45) is 5.92 Å². The molecule has 1 saturated heterocycles. The van der Waals surface area contributed by atoms with Gasteiger partial charge in [0.2, 0.25) is 5.91 Å². The van der Waals surface area contributed by atoms with Crippen molar-refractivity contribution in [2.45, 2.75) is 20.3 Å². The smallest absolute Gasteiger partial charge is 0.311 e. The first-order valence-corrected chi connectivity index (χ1v) is 6.16. The Kier molecular flexibility index (Phi) is 3.65. The van der Waals surface area contributed by atoms with Crippen LogP contribution in [0.25, 0.3) is 0 Å². The van der Waals surface area contributed by atoms with E-state index in [0.717, 1.165) is 11.3 Å². The summed E-state index contributed by atoms with van der Waals surface area (Å²) >= 11 is 0. The highest BCUT2D eigenvalue weighted by molar-refractivity contribution is 5.99. The van der Waals surface area contributed by atoms with Gasteiger partial charge in [0.15, 0.2) is 0 Å². The van der Waals surface area contributed by atoms with Crippen LogP contribution in [0.4, 0.5) is 5.69 Å². The quantitative estimate of drug-likeness (QED) is 0.766. The zero-order valence-electron chi connectivity index (χ0n) is 10.7. The van der Waals surface area contributed by atoms with Gasteiger partial charge in [-0.3, -0.25) is 9.59 Å². The molecular weight excluding hydrogens is 230 g/mol. The summed E-state index contributed by atoms with van der Waals surface area (Å²) in [7, 11) is 0. The van der Waals surface area contributed by atoms with Crippen molar-refractivity contribution < 1.29 is 14.3 Å². The monoisotopic (exact) mass is 247 g/mol. The molecule has 0 N–H and O–H groups in total. The molecule has 1 aliphatic heterocycles. The summed E-state index contributed by atoms with van der Waals surface area (Å²) < 4.78 is 4.97. The van der Waals surface area contributed by atoms with Crippen LogP contribution in [0.15, 0.2) is 24.3 Å². The lowest BCUT2D eigenvalue weighted by atomic mass is 10.1. The van der Waals surface area contributed by atoms with E-state index in [4.69, 9.17) is 4.74 Å². The standard InChI is InChI=1S/C14H17NO3/c1-3-18-14(17)11-8-13(16)15(9-11)12-7-5-4-6-10(12)2/h4-7,11H,3,8-9H2,1-2H3/t11-/m0/s1. The molecule has 0 spiro atoms. The highest BCUT2D eigenvalue weighted by Gasteiger charge is 2.36. The van der Waals surface area contributed by atoms with Crippen LogP contribution in [-0.4, -0.2) is 25.0 Å². The van der Waals surface area contributed by atoms with E-state index in [1.807, 2.05) is 31.2 Å². The van der Waals surface area contributed by atoms with E-state index in [2.05, 4.69) is 0 Å². The first kappa shape index (κ1) is 12.6. The van der Waals surface area contributed by atoms with Crippen LogP contribution in [0.2, 0.25) is 0 Å². The summed E-state index contributed by atoms with van der Waals surface area (Å²) in [5, 5.41) is 0. The summed E-state index contributed by atoms with van der Waals surface area (Å²) in [6, 6.07) is 7.69. The molecule has 0 saturated carbocycles. The average Bonchev–Trinajstić information content (AvgIpc) is 2.72. The molecule has 1 amide bonds. The van der Waals surface area contributed by atoms with Crippen LogP contribution in [0.3, 0.4) is 0 Å². The number of carbonyl (C=O) groups is 2. The Morgan fingerprint density at radius 2 is 2.17 bits per heavy atom. The number of ether oxygens (including phenoxy) is 1. The third-order valence-corrected chi connectivity index (χ3v) is 3.15. The number of benzene rings is 1. The SMILES string of the molecule is CCOC(=O)[C@H]1CC(=O)N(c2ccccc2C)C1. The third kappa shape index (κ3) is 2.37. The molecule has 0 radical (unpaired) electrons. The predicted octanol–water partition coefficient (Wildman–Crippen LogP) is 1.91. The number of esters is 1. The normalized spacial score (nSPS) is 19.1. The minimum Gasteiger partial charge on any atom is -0.466 e. The predicted molar refractivity (Wildman–Crippen MR) is 68.3 cm³/mol. The van der Waals surface area contributed by atoms with Gasteiger partial charge in [0, 0.05) is 18.7 Å². The molecule has 1 aromatic carbocycles. The third-order valence-electron chi connectivity index (χ3n) is 3.15. The molecule has 1 fully saturated rings. The maximum Gasteiger partial charge on any atom is 0.311 e. The van der Waals surface area contributed by atoms with Gasteiger partial charge in [-0.05, 0) is 25.5 Å². The zero-order chi connectivity index (χ0) is 13.1. The molecule has 0 aliphatic carbocycles. The van der Waals surface area contributed by atoms with E-state index in [-0.39, 0.29) is 24.2 Å². The van der Waals surface area contributed by atoms with Crippen LogP contribution in [0, 0.1) is 12.8 Å². The van der Waals surface area contributed by atoms with Crippen molar-refractivity contribution in [1.29, 1.82) is 0 Å². The molecule has 0 bridgehead atoms. The Labute approximate surface area is 107 Å². The number of hydrogen-bond acceptors (Lipinski definition) is 3. The van der Waals surface area contributed by atoms with Gasteiger partial charge in [-0.1, -0.05) is 18.2 Å². The Hall–Kier alpha value is -1.84. The van der Waals surface area contributed by atoms with Gasteiger partial charge >= 0.3 is 5.97 Å². The second kappa shape index (κ2) is 5.21. The highest BCUT2D eigenvalue weighted by atomic mass is 16.5. The minimum absolute atomic E-state index is 0.0117. The van der Waals surface area contributed by atoms with Crippen molar-refractivity contribution in [1.82, 2.24) is 0 Å². The minimum atomic E-state index is -0.336. The van der Waals surface area contributed by atoms with E-state index in [1.165, 1.54) is 0 Å². The summed E-state index contributed by atoms with van der Waals surface area (Å²) in [5.41, 5.74) is 1.92. The Morgan fingerprint density at radius 3 is 2.83 bits per heavy atom. The maximum atomic E-state index is 12.0. The number of aryl methyl sites for hydroxylation is 1. The van der Waals surface area contributed by atoms with Crippen LogP contribution in [-0.2, 0) is 14.3 Å². The first-order valence-electron chi connectivity index (χ1n) is 6.16. The number of amides is 1. The lowest BCUT2D eigenvalue weighted by Gasteiger charge is -2.18. The van der Waals surface area contributed by atoms with Crippen molar-refractivity contribution in [3.63, 3.8) is 0 Å². The molecule has 1 heterocycles. The zero-order valence-corrected chi connectivity index (χ0v) is 10.7. The Balaban J connectivity index is 2.15. The number of anilines is 1. The molecule has 1 atom stereocenters. The molecule has 2 rings (SSSR count). The first-order chi connectivity index (χ1) is 8.63. The van der Waals surface area contributed by atoms with Crippen LogP contribution < -0.4 is 4.90 Å². The van der Waals surface area contributed by atoms with Crippen molar-refractivity contribution >= 4 is 17.6 Å². The maximum absolute atomic E-state index is 12.0. The molecule has 4 nitrogen and oxygen atoms in total. The number of nitrogens with zero attached hydrogens (tertiary/aromatic N) is 1.